The molecule has 1 saturated heterocycles. The molecule has 1 N–H and O–H groups in total. The van der Waals surface area contributed by atoms with Gasteiger partial charge in [-0.05, 0) is 64.5 Å². The lowest BCUT2D eigenvalue weighted by molar-refractivity contribution is 0.168. The van der Waals surface area contributed by atoms with Gasteiger partial charge < -0.3 is 5.32 Å². The predicted octanol–water partition coefficient (Wildman–Crippen LogP) is 3.72. The van der Waals surface area contributed by atoms with Crippen molar-refractivity contribution in [2.24, 2.45) is 0 Å². The van der Waals surface area contributed by atoms with Gasteiger partial charge in [-0.15, -0.1) is 0 Å². The van der Waals surface area contributed by atoms with Gasteiger partial charge in [-0.2, -0.15) is 0 Å². The average Bonchev–Trinajstić information content (AvgIpc) is 2.69. The molecule has 2 rings (SSSR count). The molecule has 1 aromatic carbocycles. The maximum atomic E-state index is 14.0. The third-order valence-corrected chi connectivity index (χ3v) is 4.63. The van der Waals surface area contributed by atoms with E-state index >= 15 is 0 Å². The van der Waals surface area contributed by atoms with Crippen LogP contribution in [-0.4, -0.2) is 31.1 Å². The van der Waals surface area contributed by atoms with E-state index in [0.717, 1.165) is 29.5 Å². The second-order valence-electron chi connectivity index (χ2n) is 5.34. The smallest absolute Gasteiger partial charge is 0.128 e. The van der Waals surface area contributed by atoms with Crippen LogP contribution in [0.25, 0.3) is 0 Å². The summed E-state index contributed by atoms with van der Waals surface area (Å²) in [5.41, 5.74) is 0.772. The van der Waals surface area contributed by atoms with Gasteiger partial charge in [-0.25, -0.2) is 4.39 Å². The summed E-state index contributed by atoms with van der Waals surface area (Å²) >= 11 is 3.43. The molecule has 0 aromatic heterocycles. The zero-order valence-electron chi connectivity index (χ0n) is 11.6. The van der Waals surface area contributed by atoms with Crippen LogP contribution in [0.3, 0.4) is 0 Å². The summed E-state index contributed by atoms with van der Waals surface area (Å²) in [5.74, 6) is -0.116. The zero-order valence-corrected chi connectivity index (χ0v) is 13.2. The molecule has 2 unspecified atom stereocenters. The van der Waals surface area contributed by atoms with E-state index in [4.69, 9.17) is 0 Å². The molecule has 0 bridgehead atoms. The summed E-state index contributed by atoms with van der Waals surface area (Å²) in [6, 6.07) is 5.81. The lowest BCUT2D eigenvalue weighted by Crippen LogP contribution is -2.35. The Balaban J connectivity index is 2.12. The first-order valence-corrected chi connectivity index (χ1v) is 7.76. The minimum absolute atomic E-state index is 0.0978. The van der Waals surface area contributed by atoms with E-state index < -0.39 is 0 Å². The Labute approximate surface area is 123 Å². The third kappa shape index (κ3) is 3.77. The molecule has 0 spiro atoms. The van der Waals surface area contributed by atoms with Crippen molar-refractivity contribution >= 4 is 15.9 Å². The molecule has 0 saturated carbocycles. The van der Waals surface area contributed by atoms with Gasteiger partial charge in [0, 0.05) is 22.1 Å². The van der Waals surface area contributed by atoms with E-state index in [1.54, 1.807) is 12.1 Å². The summed E-state index contributed by atoms with van der Waals surface area (Å²) in [7, 11) is 2.11. The van der Waals surface area contributed by atoms with Crippen molar-refractivity contribution in [3.8, 4) is 0 Å². The highest BCUT2D eigenvalue weighted by molar-refractivity contribution is 9.10. The molecule has 1 aliphatic rings. The second-order valence-corrected chi connectivity index (χ2v) is 6.26. The number of benzene rings is 1. The van der Waals surface area contributed by atoms with E-state index in [-0.39, 0.29) is 11.9 Å². The average molecular weight is 329 g/mol. The summed E-state index contributed by atoms with van der Waals surface area (Å²) in [5, 5.41) is 3.42. The van der Waals surface area contributed by atoms with Crippen molar-refractivity contribution in [1.82, 2.24) is 10.2 Å². The van der Waals surface area contributed by atoms with Crippen molar-refractivity contribution in [1.29, 1.82) is 0 Å². The number of hydrogen-bond donors (Lipinski definition) is 1. The highest BCUT2D eigenvalue weighted by Gasteiger charge is 2.23. The van der Waals surface area contributed by atoms with Gasteiger partial charge in [0.05, 0.1) is 0 Å². The molecule has 19 heavy (non-hydrogen) atoms. The molecule has 1 fully saturated rings. The second kappa shape index (κ2) is 6.82. The lowest BCUT2D eigenvalue weighted by Gasteiger charge is -2.33. The van der Waals surface area contributed by atoms with Crippen LogP contribution in [0.4, 0.5) is 4.39 Å². The van der Waals surface area contributed by atoms with E-state index in [1.807, 2.05) is 6.07 Å². The standard InChI is InChI=1S/C15H22BrFN2/c1-11(14-10-12(16)5-6-15(14)17)19(2)13-4-3-8-18-9-7-13/h5-6,10-11,13,18H,3-4,7-9H2,1-2H3. The van der Waals surface area contributed by atoms with Crippen LogP contribution in [0.5, 0.6) is 0 Å². The van der Waals surface area contributed by atoms with Crippen LogP contribution in [-0.2, 0) is 0 Å². The van der Waals surface area contributed by atoms with Gasteiger partial charge in [-0.1, -0.05) is 15.9 Å². The Morgan fingerprint density at radius 3 is 2.95 bits per heavy atom. The molecule has 1 aliphatic heterocycles. The topological polar surface area (TPSA) is 15.3 Å². The quantitative estimate of drug-likeness (QED) is 0.909. The largest absolute Gasteiger partial charge is 0.317 e. The SMILES string of the molecule is CC(c1cc(Br)ccc1F)N(C)C1CCCNCC1. The first-order valence-electron chi connectivity index (χ1n) is 6.97. The third-order valence-electron chi connectivity index (χ3n) is 4.14. The molecular formula is C15H22BrFN2. The Hall–Kier alpha value is -0.450. The molecule has 2 atom stereocenters. The van der Waals surface area contributed by atoms with E-state index in [9.17, 15) is 4.39 Å². The Morgan fingerprint density at radius 1 is 1.37 bits per heavy atom. The minimum atomic E-state index is -0.116. The molecule has 0 aliphatic carbocycles. The molecule has 4 heteroatoms. The first-order chi connectivity index (χ1) is 9.09. The van der Waals surface area contributed by atoms with Crippen LogP contribution in [0, 0.1) is 5.82 Å². The molecule has 0 amide bonds. The number of nitrogens with zero attached hydrogens (tertiary/aromatic N) is 1. The first kappa shape index (κ1) is 14.9. The molecule has 2 nitrogen and oxygen atoms in total. The van der Waals surface area contributed by atoms with Gasteiger partial charge in [0.1, 0.15) is 5.82 Å². The Bertz CT molecular complexity index is 417. The monoisotopic (exact) mass is 328 g/mol. The normalized spacial score (nSPS) is 22.3. The highest BCUT2D eigenvalue weighted by Crippen LogP contribution is 2.28. The maximum Gasteiger partial charge on any atom is 0.128 e. The summed E-state index contributed by atoms with van der Waals surface area (Å²) < 4.78 is 14.9. The Morgan fingerprint density at radius 2 is 2.16 bits per heavy atom. The maximum absolute atomic E-state index is 14.0. The van der Waals surface area contributed by atoms with E-state index in [1.165, 1.54) is 12.8 Å². The fraction of sp³-hybridized carbons (Fsp3) is 0.600. The molecule has 0 radical (unpaired) electrons. The summed E-state index contributed by atoms with van der Waals surface area (Å²) in [4.78, 5) is 2.32. The number of nitrogens with one attached hydrogen (secondary N) is 1. The predicted molar refractivity (Wildman–Crippen MR) is 80.8 cm³/mol. The Kier molecular flexibility index (Phi) is 5.37. The van der Waals surface area contributed by atoms with Crippen LogP contribution < -0.4 is 5.32 Å². The molecule has 1 aromatic rings. The van der Waals surface area contributed by atoms with Crippen LogP contribution in [0.2, 0.25) is 0 Å². The lowest BCUT2D eigenvalue weighted by atomic mass is 10.0. The van der Waals surface area contributed by atoms with Crippen LogP contribution >= 0.6 is 15.9 Å². The van der Waals surface area contributed by atoms with Gasteiger partial charge in [0.15, 0.2) is 0 Å². The fourth-order valence-electron chi connectivity index (χ4n) is 2.78. The van der Waals surface area contributed by atoms with Crippen molar-refractivity contribution in [3.63, 3.8) is 0 Å². The van der Waals surface area contributed by atoms with Crippen molar-refractivity contribution in [2.45, 2.75) is 38.3 Å². The number of halogens is 2. The molecule has 106 valence electrons. The zero-order chi connectivity index (χ0) is 13.8. The van der Waals surface area contributed by atoms with Crippen molar-refractivity contribution in [2.75, 3.05) is 20.1 Å². The van der Waals surface area contributed by atoms with E-state index in [2.05, 4.69) is 40.1 Å². The van der Waals surface area contributed by atoms with Crippen molar-refractivity contribution < 1.29 is 4.39 Å². The van der Waals surface area contributed by atoms with Gasteiger partial charge in [0.2, 0.25) is 0 Å². The summed E-state index contributed by atoms with van der Waals surface area (Å²) in [6.07, 6.45) is 3.52. The van der Waals surface area contributed by atoms with E-state index in [0.29, 0.717) is 6.04 Å². The molecular weight excluding hydrogens is 307 g/mol. The van der Waals surface area contributed by atoms with Crippen LogP contribution in [0.1, 0.15) is 37.8 Å². The summed E-state index contributed by atoms with van der Waals surface area (Å²) in [6.45, 7) is 4.25. The molecule has 1 heterocycles. The highest BCUT2D eigenvalue weighted by atomic mass is 79.9. The van der Waals surface area contributed by atoms with Crippen molar-refractivity contribution in [3.05, 3.63) is 34.1 Å². The number of hydrogen-bond acceptors (Lipinski definition) is 2. The number of rotatable bonds is 3. The van der Waals surface area contributed by atoms with Gasteiger partial charge in [0.25, 0.3) is 0 Å². The van der Waals surface area contributed by atoms with Crippen LogP contribution in [0.15, 0.2) is 22.7 Å². The van der Waals surface area contributed by atoms with Gasteiger partial charge >= 0.3 is 0 Å². The fourth-order valence-corrected chi connectivity index (χ4v) is 3.16. The minimum Gasteiger partial charge on any atom is -0.317 e. The van der Waals surface area contributed by atoms with Gasteiger partial charge in [-0.3, -0.25) is 4.90 Å².